The van der Waals surface area contributed by atoms with Crippen LogP contribution in [0.2, 0.25) is 0 Å². The minimum atomic E-state index is -0.0850. The largest absolute Gasteiger partial charge is 0.467 e. The maximum atomic E-state index is 12.9. The van der Waals surface area contributed by atoms with Gasteiger partial charge < -0.3 is 24.5 Å². The molecule has 2 heterocycles. The van der Waals surface area contributed by atoms with Crippen LogP contribution in [0.25, 0.3) is 10.9 Å². The van der Waals surface area contributed by atoms with Crippen LogP contribution in [0.4, 0.5) is 0 Å². The minimum Gasteiger partial charge on any atom is -0.467 e. The molecule has 0 saturated heterocycles. The number of nitrogens with zero attached hydrogens (tertiary/aromatic N) is 2. The van der Waals surface area contributed by atoms with Crippen molar-refractivity contribution in [2.45, 2.75) is 47.2 Å². The van der Waals surface area contributed by atoms with Gasteiger partial charge in [-0.2, -0.15) is 0 Å². The molecule has 172 valence electrons. The van der Waals surface area contributed by atoms with Gasteiger partial charge in [0, 0.05) is 12.1 Å². The van der Waals surface area contributed by atoms with Crippen LogP contribution in [-0.4, -0.2) is 46.1 Å². The first-order chi connectivity index (χ1) is 15.4. The van der Waals surface area contributed by atoms with E-state index in [1.807, 2.05) is 30.0 Å². The van der Waals surface area contributed by atoms with E-state index in [2.05, 4.69) is 48.1 Å². The number of fused-ring (bicyclic) bond motifs is 1. The molecule has 0 aliphatic carbocycles. The maximum Gasteiger partial charge on any atom is 0.253 e. The normalized spacial score (nSPS) is 11.3. The molecule has 0 bridgehead atoms. The lowest BCUT2D eigenvalue weighted by molar-refractivity contribution is 0.298. The number of hydrogen-bond donors (Lipinski definition) is 2. The molecule has 1 aromatic carbocycles. The number of aromatic nitrogens is 1. The van der Waals surface area contributed by atoms with Gasteiger partial charge in [0.2, 0.25) is 0 Å². The highest BCUT2D eigenvalue weighted by atomic mass is 32.1. The third-order valence-electron chi connectivity index (χ3n) is 5.77. The lowest BCUT2D eigenvalue weighted by Gasteiger charge is -2.25. The summed E-state index contributed by atoms with van der Waals surface area (Å²) in [4.78, 5) is 20.3. The molecule has 32 heavy (non-hydrogen) atoms. The Bertz CT molecular complexity index is 1090. The van der Waals surface area contributed by atoms with E-state index in [0.717, 1.165) is 54.8 Å². The highest BCUT2D eigenvalue weighted by Crippen LogP contribution is 2.19. The van der Waals surface area contributed by atoms with Crippen molar-refractivity contribution in [1.82, 2.24) is 20.1 Å². The first-order valence-corrected chi connectivity index (χ1v) is 11.7. The van der Waals surface area contributed by atoms with Crippen LogP contribution in [0.3, 0.4) is 0 Å². The number of nitrogens with one attached hydrogen (secondary N) is 2. The summed E-state index contributed by atoms with van der Waals surface area (Å²) < 4.78 is 5.55. The van der Waals surface area contributed by atoms with Crippen LogP contribution < -0.4 is 10.9 Å². The maximum absolute atomic E-state index is 12.9. The number of thiocarbonyl (C=S) groups is 1. The van der Waals surface area contributed by atoms with Gasteiger partial charge in [-0.15, -0.1) is 0 Å². The zero-order chi connectivity index (χ0) is 23.1. The highest BCUT2D eigenvalue weighted by molar-refractivity contribution is 7.80. The van der Waals surface area contributed by atoms with Crippen molar-refractivity contribution in [1.29, 1.82) is 0 Å². The number of furan rings is 1. The number of pyridine rings is 1. The Labute approximate surface area is 195 Å². The van der Waals surface area contributed by atoms with Crippen molar-refractivity contribution in [2.24, 2.45) is 0 Å². The number of benzene rings is 1. The lowest BCUT2D eigenvalue weighted by atomic mass is 10.1. The molecule has 3 rings (SSSR count). The van der Waals surface area contributed by atoms with E-state index < -0.39 is 0 Å². The molecule has 6 nitrogen and oxygen atoms in total. The number of aryl methyl sites for hydroxylation is 2. The van der Waals surface area contributed by atoms with Gasteiger partial charge in [0.05, 0.1) is 24.9 Å². The van der Waals surface area contributed by atoms with Crippen LogP contribution >= 0.6 is 12.2 Å². The van der Waals surface area contributed by atoms with E-state index in [4.69, 9.17) is 16.6 Å². The second-order valence-corrected chi connectivity index (χ2v) is 8.60. The molecule has 0 saturated carbocycles. The SMILES string of the molecule is CCN(CC)CCCNC(=S)N(Cc1ccco1)Cc1cc2cc(C)cc(C)c2[nH]c1=O. The Morgan fingerprint density at radius 2 is 1.94 bits per heavy atom. The van der Waals surface area contributed by atoms with Crippen molar-refractivity contribution in [3.63, 3.8) is 0 Å². The average Bonchev–Trinajstić information content (AvgIpc) is 3.27. The fourth-order valence-corrected chi connectivity index (χ4v) is 4.23. The highest BCUT2D eigenvalue weighted by Gasteiger charge is 2.16. The molecule has 0 amide bonds. The van der Waals surface area contributed by atoms with Crippen LogP contribution in [0.5, 0.6) is 0 Å². The summed E-state index contributed by atoms with van der Waals surface area (Å²) in [6.45, 7) is 13.3. The third-order valence-corrected chi connectivity index (χ3v) is 6.17. The van der Waals surface area contributed by atoms with E-state index >= 15 is 0 Å². The molecule has 7 heteroatoms. The Morgan fingerprint density at radius 3 is 2.62 bits per heavy atom. The molecule has 0 fully saturated rings. The molecule has 0 unspecified atom stereocenters. The smallest absolute Gasteiger partial charge is 0.253 e. The molecule has 0 aliphatic rings. The van der Waals surface area contributed by atoms with Crippen molar-refractivity contribution < 1.29 is 4.42 Å². The quantitative estimate of drug-likeness (QED) is 0.351. The Hall–Kier alpha value is -2.64. The van der Waals surface area contributed by atoms with Gasteiger partial charge in [-0.3, -0.25) is 4.79 Å². The van der Waals surface area contributed by atoms with Gasteiger partial charge >= 0.3 is 0 Å². The van der Waals surface area contributed by atoms with Gasteiger partial charge in [-0.1, -0.05) is 25.5 Å². The van der Waals surface area contributed by atoms with Crippen LogP contribution in [0, 0.1) is 13.8 Å². The monoisotopic (exact) mass is 454 g/mol. The molecular formula is C25H34N4O2S. The van der Waals surface area contributed by atoms with Crippen LogP contribution in [-0.2, 0) is 13.1 Å². The first-order valence-electron chi connectivity index (χ1n) is 11.3. The van der Waals surface area contributed by atoms with Crippen LogP contribution in [0.1, 0.15) is 42.7 Å². The average molecular weight is 455 g/mol. The number of hydrogen-bond acceptors (Lipinski definition) is 4. The standard InChI is InChI=1S/C25H34N4O2S/c1-5-28(6-2)11-8-10-26-25(32)29(17-22-9-7-12-31-22)16-21-15-20-14-18(3)13-19(4)23(20)27-24(21)30/h7,9,12-15H,5-6,8,10-11,16-17H2,1-4H3,(H,26,32)(H,27,30). The first kappa shape index (κ1) is 24.0. The molecule has 2 aromatic heterocycles. The summed E-state index contributed by atoms with van der Waals surface area (Å²) in [5, 5.41) is 5.03. The second kappa shape index (κ2) is 11.3. The molecule has 0 radical (unpaired) electrons. The molecule has 0 aliphatic heterocycles. The molecule has 2 N–H and O–H groups in total. The topological polar surface area (TPSA) is 64.5 Å². The van der Waals surface area contributed by atoms with Gasteiger partial charge in [0.1, 0.15) is 5.76 Å². The van der Waals surface area contributed by atoms with E-state index in [1.54, 1.807) is 6.26 Å². The van der Waals surface area contributed by atoms with Crippen molar-refractivity contribution in [3.05, 3.63) is 69.4 Å². The minimum absolute atomic E-state index is 0.0850. The fraction of sp³-hybridized carbons (Fsp3) is 0.440. The second-order valence-electron chi connectivity index (χ2n) is 8.22. The van der Waals surface area contributed by atoms with Gasteiger partial charge in [0.25, 0.3) is 5.56 Å². The van der Waals surface area contributed by atoms with E-state index in [0.29, 0.717) is 23.8 Å². The van der Waals surface area contributed by atoms with Crippen molar-refractivity contribution >= 4 is 28.2 Å². The molecule has 0 spiro atoms. The summed E-state index contributed by atoms with van der Waals surface area (Å²) in [5.74, 6) is 0.807. The van der Waals surface area contributed by atoms with Gasteiger partial charge in [-0.25, -0.2) is 0 Å². The van der Waals surface area contributed by atoms with E-state index in [1.165, 1.54) is 5.56 Å². The van der Waals surface area contributed by atoms with Crippen molar-refractivity contribution in [3.8, 4) is 0 Å². The summed E-state index contributed by atoms with van der Waals surface area (Å²) >= 11 is 5.71. The van der Waals surface area contributed by atoms with Crippen LogP contribution in [0.15, 0.2) is 45.8 Å². The Balaban J connectivity index is 1.76. The number of H-pyrrole nitrogens is 1. The van der Waals surface area contributed by atoms with Gasteiger partial charge in [-0.05, 0) is 87.3 Å². The van der Waals surface area contributed by atoms with Gasteiger partial charge in [0.15, 0.2) is 5.11 Å². The van der Waals surface area contributed by atoms with E-state index in [-0.39, 0.29) is 5.56 Å². The zero-order valence-electron chi connectivity index (χ0n) is 19.5. The van der Waals surface area contributed by atoms with E-state index in [9.17, 15) is 4.79 Å². The Morgan fingerprint density at radius 1 is 1.16 bits per heavy atom. The molecule has 0 atom stereocenters. The summed E-state index contributed by atoms with van der Waals surface area (Å²) in [5.41, 5.74) is 3.73. The van der Waals surface area contributed by atoms with Crippen molar-refractivity contribution in [2.75, 3.05) is 26.2 Å². The summed E-state index contributed by atoms with van der Waals surface area (Å²) in [6, 6.07) is 9.95. The lowest BCUT2D eigenvalue weighted by Crippen LogP contribution is -2.41. The third kappa shape index (κ3) is 6.20. The predicted molar refractivity (Wildman–Crippen MR) is 135 cm³/mol. The Kier molecular flexibility index (Phi) is 8.47. The number of aromatic amines is 1. The zero-order valence-corrected chi connectivity index (χ0v) is 20.3. The predicted octanol–water partition coefficient (Wildman–Crippen LogP) is 4.35. The number of rotatable bonds is 10. The summed E-state index contributed by atoms with van der Waals surface area (Å²) in [6.07, 6.45) is 2.66. The molecular weight excluding hydrogens is 420 g/mol. The summed E-state index contributed by atoms with van der Waals surface area (Å²) in [7, 11) is 0. The molecule has 3 aromatic rings. The fourth-order valence-electron chi connectivity index (χ4n) is 3.99.